The van der Waals surface area contributed by atoms with E-state index in [0.717, 1.165) is 81.1 Å². The molecule has 0 unspecified atom stereocenters. The molecule has 0 bridgehead atoms. The number of hydrogen-bond acceptors (Lipinski definition) is 29. The number of aromatic nitrogens is 18. The molecule has 0 amide bonds. The number of nitro groups is 2. The SMILES string of the molecule is Nc1ccc(N2CCN(c3nc(N)c4ncn(-c5ccncc5)c4n3)CC2)nc1.Nc1nc(Cl)nc2c1ncn2-c1ccncc1.Nc1nc(N2CCN(c3ccc([N+](=O)[O-])cn3)CC2)nc2c1ncn2-c1ccncc1.O=[N+]([O-])c1ccc(N2CCNCC2)nc1. The predicted molar refractivity (Wildman–Crippen MR) is 346 cm³/mol. The summed E-state index contributed by atoms with van der Waals surface area (Å²) in [6.07, 6.45) is 19.5. The largest absolute Gasteiger partial charge is 0.397 e. The van der Waals surface area contributed by atoms with Gasteiger partial charge in [0, 0.05) is 128 Å². The van der Waals surface area contributed by atoms with Gasteiger partial charge in [-0.3, -0.25) is 48.9 Å². The average Bonchev–Trinajstić information content (AvgIpc) is 1.76. The second-order valence-electron chi connectivity index (χ2n) is 20.6. The van der Waals surface area contributed by atoms with Crippen LogP contribution in [-0.2, 0) is 0 Å². The van der Waals surface area contributed by atoms with Gasteiger partial charge in [-0.05, 0) is 72.3 Å². The molecular formula is C57H57ClN30O4. The quantitative estimate of drug-likeness (QED) is 0.0721. The van der Waals surface area contributed by atoms with E-state index in [1.807, 2.05) is 57.7 Å². The van der Waals surface area contributed by atoms with Crippen LogP contribution in [-0.4, -0.2) is 177 Å². The number of nitrogen functional groups attached to an aromatic ring is 4. The van der Waals surface area contributed by atoms with E-state index in [0.29, 0.717) is 94.7 Å². The lowest BCUT2D eigenvalue weighted by Gasteiger charge is -2.35. The van der Waals surface area contributed by atoms with E-state index in [9.17, 15) is 20.2 Å². The fourth-order valence-electron chi connectivity index (χ4n) is 10.2. The number of rotatable bonds is 10. The molecule has 12 aromatic heterocycles. The number of hydrogen-bond donors (Lipinski definition) is 5. The molecule has 9 N–H and O–H groups in total. The maximum absolute atomic E-state index is 10.8. The van der Waals surface area contributed by atoms with E-state index >= 15 is 0 Å². The van der Waals surface area contributed by atoms with Crippen molar-refractivity contribution in [1.82, 2.24) is 93.8 Å². The van der Waals surface area contributed by atoms with Crippen LogP contribution in [0, 0.1) is 20.2 Å². The molecule has 3 saturated heterocycles. The van der Waals surface area contributed by atoms with Gasteiger partial charge in [0.1, 0.15) is 48.8 Å². The Morgan fingerprint density at radius 1 is 0.402 bits per heavy atom. The first-order valence-electron chi connectivity index (χ1n) is 28.6. The highest BCUT2D eigenvalue weighted by atomic mass is 35.5. The summed E-state index contributed by atoms with van der Waals surface area (Å²) in [5.74, 6) is 4.55. The molecule has 15 heterocycles. The van der Waals surface area contributed by atoms with Crippen molar-refractivity contribution in [3.05, 3.63) is 173 Å². The fourth-order valence-corrected chi connectivity index (χ4v) is 10.3. The number of pyridine rings is 6. The maximum Gasteiger partial charge on any atom is 0.287 e. The van der Waals surface area contributed by atoms with Crippen LogP contribution in [0.4, 0.5) is 63.9 Å². The minimum Gasteiger partial charge on any atom is -0.397 e. The third-order valence-electron chi connectivity index (χ3n) is 14.9. The van der Waals surface area contributed by atoms with Crippen LogP contribution >= 0.6 is 11.6 Å². The lowest BCUT2D eigenvalue weighted by Crippen LogP contribution is -2.47. The van der Waals surface area contributed by atoms with Crippen LogP contribution in [0.15, 0.2) is 148 Å². The number of nitrogens with zero attached hydrogens (tertiary/aromatic N) is 25. The van der Waals surface area contributed by atoms with E-state index in [1.54, 1.807) is 79.1 Å². The summed E-state index contributed by atoms with van der Waals surface area (Å²) in [5, 5.41) is 24.6. The monoisotopic (exact) mass is 1260 g/mol. The normalized spacial score (nSPS) is 14.0. The van der Waals surface area contributed by atoms with Crippen LogP contribution < -0.4 is 52.8 Å². The Bertz CT molecular complexity index is 4490. The molecule has 92 heavy (non-hydrogen) atoms. The van der Waals surface area contributed by atoms with Gasteiger partial charge in [-0.1, -0.05) is 0 Å². The van der Waals surface area contributed by atoms with E-state index in [-0.39, 0.29) is 22.5 Å². The van der Waals surface area contributed by atoms with Gasteiger partial charge in [-0.15, -0.1) is 0 Å². The molecule has 12 aromatic rings. The van der Waals surface area contributed by atoms with Gasteiger partial charge >= 0.3 is 0 Å². The second-order valence-corrected chi connectivity index (χ2v) is 20.9. The minimum atomic E-state index is -0.455. The summed E-state index contributed by atoms with van der Waals surface area (Å²) in [6.45, 7) is 9.46. The molecule has 35 heteroatoms. The van der Waals surface area contributed by atoms with Gasteiger partial charge in [0.15, 0.2) is 50.9 Å². The number of imidazole rings is 3. The van der Waals surface area contributed by atoms with Crippen LogP contribution in [0.3, 0.4) is 0 Å². The highest BCUT2D eigenvalue weighted by Crippen LogP contribution is 2.28. The summed E-state index contributed by atoms with van der Waals surface area (Å²) < 4.78 is 5.53. The summed E-state index contributed by atoms with van der Waals surface area (Å²) in [4.78, 5) is 95.1. The number of halogens is 1. The Hall–Kier alpha value is -12.2. The van der Waals surface area contributed by atoms with Crippen LogP contribution in [0.1, 0.15) is 0 Å². The standard InChI is InChI=1S/C19H18N10O2.C19H20N10.C10H7ClN6.C9H12N4O2/c20-17-16-18(28(12-23-16)13-3-5-21-6-4-13)25-19(24-17)27-9-7-26(8-10-27)15-2-1-14(11-22-15)29(30)31;20-13-1-2-15(23-11-13)27-7-9-28(10-8-27)19-25-17(21)16-18(26-19)29(12-24-16)14-3-5-22-6-4-14;11-10-15-8(12)7-9(16-10)17(5-14-7)6-1-3-13-4-2-6;14-13(15)8-1-2-9(11-7-8)12-5-3-10-4-6-12/h1-6,11-12H,7-10H2,(H2,20,24,25);1-6,11-12H,7-10,20H2,(H2,21,25,26);1-5H,(H2,12,15,16);1-2,7,10H,3-6H2. The van der Waals surface area contributed by atoms with E-state index in [4.69, 9.17) is 44.5 Å². The number of fused-ring (bicyclic) bond motifs is 3. The van der Waals surface area contributed by atoms with Gasteiger partial charge in [-0.2, -0.15) is 29.9 Å². The van der Waals surface area contributed by atoms with Crippen molar-refractivity contribution in [3.63, 3.8) is 0 Å². The number of piperazine rings is 3. The summed E-state index contributed by atoms with van der Waals surface area (Å²) in [5.41, 5.74) is 30.8. The molecule has 3 aliphatic heterocycles. The summed E-state index contributed by atoms with van der Waals surface area (Å²) >= 11 is 5.78. The molecule has 3 fully saturated rings. The maximum atomic E-state index is 10.8. The minimum absolute atomic E-state index is 0.0228. The Balaban J connectivity index is 0.000000123. The van der Waals surface area contributed by atoms with Gasteiger partial charge in [0.05, 0.1) is 38.8 Å². The van der Waals surface area contributed by atoms with Crippen molar-refractivity contribution in [2.45, 2.75) is 0 Å². The molecule has 466 valence electrons. The lowest BCUT2D eigenvalue weighted by atomic mass is 10.3. The number of nitrogens with one attached hydrogen (secondary N) is 1. The molecule has 0 spiro atoms. The average molecular weight is 1260 g/mol. The van der Waals surface area contributed by atoms with Crippen LogP contribution in [0.25, 0.3) is 50.6 Å². The molecule has 0 radical (unpaired) electrons. The topological polar surface area (TPSA) is 427 Å². The van der Waals surface area contributed by atoms with Crippen molar-refractivity contribution >= 4 is 109 Å². The van der Waals surface area contributed by atoms with Crippen molar-refractivity contribution in [3.8, 4) is 17.1 Å². The van der Waals surface area contributed by atoms with Crippen LogP contribution in [0.2, 0.25) is 5.28 Å². The highest BCUT2D eigenvalue weighted by molar-refractivity contribution is 6.28. The molecule has 0 atom stereocenters. The first kappa shape index (κ1) is 60.1. The zero-order valence-corrected chi connectivity index (χ0v) is 49.6. The van der Waals surface area contributed by atoms with Crippen molar-refractivity contribution in [1.29, 1.82) is 0 Å². The summed E-state index contributed by atoms with van der Waals surface area (Å²) in [7, 11) is 0. The molecule has 0 aliphatic carbocycles. The van der Waals surface area contributed by atoms with Gasteiger partial charge < -0.3 is 52.8 Å². The summed E-state index contributed by atoms with van der Waals surface area (Å²) in [6, 6.07) is 21.4. The van der Waals surface area contributed by atoms with Crippen molar-refractivity contribution < 1.29 is 9.85 Å². The Morgan fingerprint density at radius 2 is 0.750 bits per heavy atom. The molecule has 0 saturated carbocycles. The highest BCUT2D eigenvalue weighted by Gasteiger charge is 2.25. The fraction of sp³-hybridized carbons (Fsp3) is 0.211. The zero-order chi connectivity index (χ0) is 63.7. The second kappa shape index (κ2) is 27.0. The van der Waals surface area contributed by atoms with Gasteiger partial charge in [-0.25, -0.2) is 29.9 Å². The predicted octanol–water partition coefficient (Wildman–Crippen LogP) is 4.36. The van der Waals surface area contributed by atoms with E-state index in [2.05, 4.69) is 94.6 Å². The Kier molecular flexibility index (Phi) is 17.7. The van der Waals surface area contributed by atoms with E-state index < -0.39 is 9.85 Å². The smallest absolute Gasteiger partial charge is 0.287 e. The van der Waals surface area contributed by atoms with Crippen LogP contribution in [0.5, 0.6) is 0 Å². The molecule has 15 rings (SSSR count). The Morgan fingerprint density at radius 3 is 1.11 bits per heavy atom. The van der Waals surface area contributed by atoms with Crippen molar-refractivity contribution in [2.75, 3.05) is 126 Å². The first-order valence-corrected chi connectivity index (χ1v) is 29.0. The van der Waals surface area contributed by atoms with E-state index in [1.165, 1.54) is 24.5 Å². The third kappa shape index (κ3) is 13.4. The molecule has 0 aromatic carbocycles. The van der Waals surface area contributed by atoms with Crippen molar-refractivity contribution in [2.24, 2.45) is 0 Å². The lowest BCUT2D eigenvalue weighted by molar-refractivity contribution is -0.385. The van der Waals surface area contributed by atoms with Gasteiger partial charge in [0.25, 0.3) is 11.4 Å². The molecular weight excluding hydrogens is 1200 g/mol. The first-order chi connectivity index (χ1) is 44.8. The third-order valence-corrected chi connectivity index (χ3v) is 15.1. The van der Waals surface area contributed by atoms with Gasteiger partial charge in [0.2, 0.25) is 17.2 Å². The Labute approximate surface area is 526 Å². The number of nitrogens with two attached hydrogens (primary N) is 4. The number of anilines is 9. The molecule has 3 aliphatic rings. The zero-order valence-electron chi connectivity index (χ0n) is 48.8. The molecule has 34 nitrogen and oxygen atoms in total.